The summed E-state index contributed by atoms with van der Waals surface area (Å²) in [6, 6.07) is 4.12. The average molecular weight is 258 g/mol. The summed E-state index contributed by atoms with van der Waals surface area (Å²) in [7, 11) is 0. The number of carbonyl (C=O) groups excluding carboxylic acids is 1. The summed E-state index contributed by atoms with van der Waals surface area (Å²) < 4.78 is 7.16. The highest BCUT2D eigenvalue weighted by molar-refractivity contribution is 5.78. The van der Waals surface area contributed by atoms with Crippen molar-refractivity contribution in [2.75, 3.05) is 6.61 Å². The van der Waals surface area contributed by atoms with E-state index in [9.17, 15) is 4.79 Å². The molecule has 2 aromatic rings. The van der Waals surface area contributed by atoms with E-state index in [1.807, 2.05) is 13.0 Å². The Labute approximate surface area is 113 Å². The van der Waals surface area contributed by atoms with Crippen molar-refractivity contribution in [3.63, 3.8) is 0 Å². The summed E-state index contributed by atoms with van der Waals surface area (Å²) >= 11 is 0. The molecule has 0 aliphatic rings. The molecule has 1 aromatic heterocycles. The normalized spacial score (nSPS) is 10.5. The lowest BCUT2D eigenvalue weighted by atomic mass is 10.1. The lowest BCUT2D eigenvalue weighted by molar-refractivity contribution is 0.0881. The fourth-order valence-corrected chi connectivity index (χ4v) is 1.87. The highest BCUT2D eigenvalue weighted by Crippen LogP contribution is 2.22. The molecule has 100 valence electrons. The zero-order chi connectivity index (χ0) is 13.8. The molecule has 1 heterocycles. The molecule has 0 bridgehead atoms. The first kappa shape index (κ1) is 13.3. The number of imidazole rings is 1. The number of ether oxygens (including phenoxy) is 1. The largest absolute Gasteiger partial charge is 0.493 e. The molecular weight excluding hydrogens is 240 g/mol. The Balaban J connectivity index is 1.93. The summed E-state index contributed by atoms with van der Waals surface area (Å²) in [5.74, 6) is 0.834. The molecule has 2 rings (SSSR count). The van der Waals surface area contributed by atoms with Crippen molar-refractivity contribution in [2.24, 2.45) is 0 Å². The van der Waals surface area contributed by atoms with Crippen LogP contribution in [0.2, 0.25) is 0 Å². The second kappa shape index (κ2) is 5.69. The second-order valence-electron chi connectivity index (χ2n) is 4.66. The van der Waals surface area contributed by atoms with Crippen molar-refractivity contribution in [3.05, 3.63) is 47.5 Å². The van der Waals surface area contributed by atoms with Crippen LogP contribution >= 0.6 is 0 Å². The molecule has 19 heavy (non-hydrogen) atoms. The minimum Gasteiger partial charge on any atom is -0.493 e. The summed E-state index contributed by atoms with van der Waals surface area (Å²) in [6.07, 6.45) is 5.07. The Morgan fingerprint density at radius 2 is 1.95 bits per heavy atom. The van der Waals surface area contributed by atoms with Gasteiger partial charge in [0.05, 0.1) is 13.0 Å². The van der Waals surface area contributed by atoms with Crippen molar-refractivity contribution in [1.29, 1.82) is 0 Å². The number of benzene rings is 1. The molecule has 0 atom stereocenters. The van der Waals surface area contributed by atoms with Gasteiger partial charge in [-0.25, -0.2) is 4.98 Å². The number of hydrogen-bond acceptors (Lipinski definition) is 3. The summed E-state index contributed by atoms with van der Waals surface area (Å²) in [5, 5.41) is 0. The molecule has 0 saturated heterocycles. The number of hydrogen-bond donors (Lipinski definition) is 0. The van der Waals surface area contributed by atoms with E-state index in [2.05, 4.69) is 24.9 Å². The van der Waals surface area contributed by atoms with Crippen molar-refractivity contribution < 1.29 is 9.53 Å². The summed E-state index contributed by atoms with van der Waals surface area (Å²) in [6.45, 7) is 6.52. The average Bonchev–Trinajstić information content (AvgIpc) is 2.89. The first-order valence-corrected chi connectivity index (χ1v) is 6.29. The fraction of sp³-hybridized carbons (Fsp3) is 0.333. The van der Waals surface area contributed by atoms with Crippen molar-refractivity contribution >= 4 is 5.91 Å². The van der Waals surface area contributed by atoms with Gasteiger partial charge in [-0.05, 0) is 43.5 Å². The summed E-state index contributed by atoms with van der Waals surface area (Å²) in [5.41, 5.74) is 3.54. The van der Waals surface area contributed by atoms with Crippen LogP contribution in [0.25, 0.3) is 0 Å². The number of rotatable bonds is 4. The van der Waals surface area contributed by atoms with Gasteiger partial charge in [-0.2, -0.15) is 0 Å². The molecule has 4 heteroatoms. The van der Waals surface area contributed by atoms with Crippen LogP contribution in [0.4, 0.5) is 0 Å². The molecular formula is C15H18N2O2. The molecule has 0 radical (unpaired) electrons. The van der Waals surface area contributed by atoms with E-state index in [0.29, 0.717) is 13.0 Å². The maximum Gasteiger partial charge on any atom is 0.235 e. The Morgan fingerprint density at radius 1 is 1.21 bits per heavy atom. The van der Waals surface area contributed by atoms with Gasteiger partial charge in [0.25, 0.3) is 0 Å². The summed E-state index contributed by atoms with van der Waals surface area (Å²) in [4.78, 5) is 15.6. The van der Waals surface area contributed by atoms with Gasteiger partial charge >= 0.3 is 0 Å². The minimum absolute atomic E-state index is 0.0148. The zero-order valence-corrected chi connectivity index (χ0v) is 11.5. The number of nitrogens with zero attached hydrogens (tertiary/aromatic N) is 2. The first-order chi connectivity index (χ1) is 9.08. The molecule has 0 unspecified atom stereocenters. The Morgan fingerprint density at radius 3 is 2.63 bits per heavy atom. The van der Waals surface area contributed by atoms with E-state index >= 15 is 0 Å². The topological polar surface area (TPSA) is 44.1 Å². The monoisotopic (exact) mass is 258 g/mol. The smallest absolute Gasteiger partial charge is 0.235 e. The highest BCUT2D eigenvalue weighted by atomic mass is 16.5. The molecule has 0 aliphatic heterocycles. The number of carbonyl (C=O) groups is 1. The molecule has 1 aromatic carbocycles. The first-order valence-electron chi connectivity index (χ1n) is 6.29. The van der Waals surface area contributed by atoms with Crippen LogP contribution in [-0.2, 0) is 0 Å². The maximum atomic E-state index is 11.7. The SMILES string of the molecule is Cc1cc(C)c(OCCC(=O)n2ccnc2)cc1C. The minimum atomic E-state index is -0.0148. The van der Waals surface area contributed by atoms with Crippen LogP contribution in [0.1, 0.15) is 27.9 Å². The maximum absolute atomic E-state index is 11.7. The van der Waals surface area contributed by atoms with E-state index in [1.54, 1.807) is 12.4 Å². The fourth-order valence-electron chi connectivity index (χ4n) is 1.87. The van der Waals surface area contributed by atoms with Gasteiger partial charge in [0.2, 0.25) is 5.91 Å². The number of aryl methyl sites for hydroxylation is 3. The van der Waals surface area contributed by atoms with Gasteiger partial charge < -0.3 is 4.74 Å². The highest BCUT2D eigenvalue weighted by Gasteiger charge is 2.06. The molecule has 0 aliphatic carbocycles. The molecule has 0 N–H and O–H groups in total. The lowest BCUT2D eigenvalue weighted by Crippen LogP contribution is -2.13. The van der Waals surface area contributed by atoms with Crippen molar-refractivity contribution in [3.8, 4) is 5.75 Å². The third kappa shape index (κ3) is 3.22. The van der Waals surface area contributed by atoms with Gasteiger partial charge in [0, 0.05) is 12.4 Å². The van der Waals surface area contributed by atoms with Crippen LogP contribution in [-0.4, -0.2) is 22.1 Å². The van der Waals surface area contributed by atoms with Crippen molar-refractivity contribution in [2.45, 2.75) is 27.2 Å². The van der Waals surface area contributed by atoms with E-state index < -0.39 is 0 Å². The van der Waals surface area contributed by atoms with Gasteiger partial charge in [0.1, 0.15) is 12.1 Å². The van der Waals surface area contributed by atoms with Crippen LogP contribution in [0.3, 0.4) is 0 Å². The van der Waals surface area contributed by atoms with Gasteiger partial charge in [0.15, 0.2) is 0 Å². The zero-order valence-electron chi connectivity index (χ0n) is 11.5. The third-order valence-electron chi connectivity index (χ3n) is 3.16. The van der Waals surface area contributed by atoms with E-state index in [0.717, 1.165) is 11.3 Å². The van der Waals surface area contributed by atoms with Crippen molar-refractivity contribution in [1.82, 2.24) is 9.55 Å². The predicted molar refractivity (Wildman–Crippen MR) is 73.6 cm³/mol. The molecule has 0 saturated carbocycles. The predicted octanol–water partition coefficient (Wildman–Crippen LogP) is 2.92. The van der Waals surface area contributed by atoms with Crippen LogP contribution in [0.5, 0.6) is 5.75 Å². The van der Waals surface area contributed by atoms with E-state index in [4.69, 9.17) is 4.74 Å². The van der Waals surface area contributed by atoms with Crippen LogP contribution < -0.4 is 4.74 Å². The van der Waals surface area contributed by atoms with Gasteiger partial charge in [-0.3, -0.25) is 9.36 Å². The van der Waals surface area contributed by atoms with Gasteiger partial charge in [-0.1, -0.05) is 6.07 Å². The molecule has 0 spiro atoms. The van der Waals surface area contributed by atoms with Crippen LogP contribution in [0, 0.1) is 20.8 Å². The quantitative estimate of drug-likeness (QED) is 0.847. The van der Waals surface area contributed by atoms with E-state index in [-0.39, 0.29) is 5.91 Å². The van der Waals surface area contributed by atoms with E-state index in [1.165, 1.54) is 22.0 Å². The molecule has 0 fully saturated rings. The van der Waals surface area contributed by atoms with Crippen LogP contribution in [0.15, 0.2) is 30.9 Å². The van der Waals surface area contributed by atoms with Gasteiger partial charge in [-0.15, -0.1) is 0 Å². The lowest BCUT2D eigenvalue weighted by Gasteiger charge is -2.11. The Hall–Kier alpha value is -2.10. The molecule has 0 amide bonds. The Kier molecular flexibility index (Phi) is 4.00. The number of aromatic nitrogens is 2. The second-order valence-corrected chi connectivity index (χ2v) is 4.66. The standard InChI is InChI=1S/C15H18N2O2/c1-11-8-13(3)14(9-12(11)2)19-7-4-15(18)17-6-5-16-10-17/h5-6,8-10H,4,7H2,1-3H3. The molecule has 4 nitrogen and oxygen atoms in total. The Bertz CT molecular complexity index is 574. The third-order valence-corrected chi connectivity index (χ3v) is 3.16.